The average Bonchev–Trinajstić information content (AvgIpc) is 3.50. The van der Waals surface area contributed by atoms with Crippen molar-refractivity contribution in [3.05, 3.63) is 65.3 Å². The Bertz CT molecular complexity index is 1140. The molecule has 33 heavy (non-hydrogen) atoms. The van der Waals surface area contributed by atoms with Crippen molar-refractivity contribution in [3.63, 3.8) is 0 Å². The van der Waals surface area contributed by atoms with Crippen LogP contribution in [0.1, 0.15) is 31.2 Å². The van der Waals surface area contributed by atoms with Crippen LogP contribution in [0.4, 0.5) is 15.6 Å². The number of amides is 2. The first-order chi connectivity index (χ1) is 16.1. The Hall–Kier alpha value is -3.31. The van der Waals surface area contributed by atoms with E-state index in [9.17, 15) is 9.59 Å². The van der Waals surface area contributed by atoms with Gasteiger partial charge in [-0.15, -0.1) is 10.2 Å². The van der Waals surface area contributed by atoms with Crippen molar-refractivity contribution in [1.82, 2.24) is 20.8 Å². The number of thioether (sulfide) groups is 1. The zero-order valence-electron chi connectivity index (χ0n) is 18.1. The molecule has 3 heterocycles. The van der Waals surface area contributed by atoms with Gasteiger partial charge in [0.25, 0.3) is 0 Å². The number of aryl methyl sites for hydroxylation is 1. The summed E-state index contributed by atoms with van der Waals surface area (Å²) in [6.45, 7) is 4.06. The maximum absolute atomic E-state index is 12.7. The molecule has 3 N–H and O–H groups in total. The number of carbonyl (C=O) groups is 2. The third-order valence-electron chi connectivity index (χ3n) is 4.84. The Balaban J connectivity index is 1.50. The second kappa shape index (κ2) is 10.5. The lowest BCUT2D eigenvalue weighted by molar-refractivity contribution is -0.139. The predicted octanol–water partition coefficient (Wildman–Crippen LogP) is 4.40. The highest BCUT2D eigenvalue weighted by atomic mass is 32.2. The van der Waals surface area contributed by atoms with Crippen LogP contribution in [0.2, 0.25) is 0 Å². The maximum Gasteiger partial charge on any atom is 0.338 e. The summed E-state index contributed by atoms with van der Waals surface area (Å²) in [5.41, 5.74) is 2.94. The number of aromatic nitrogens is 2. The normalized spacial score (nSPS) is 15.7. The van der Waals surface area contributed by atoms with Crippen LogP contribution in [-0.4, -0.2) is 34.6 Å². The molecule has 0 aliphatic carbocycles. The van der Waals surface area contributed by atoms with E-state index in [0.717, 1.165) is 12.1 Å². The first-order valence-corrected chi connectivity index (χ1v) is 12.2. The number of benzene rings is 1. The third-order valence-corrected chi connectivity index (χ3v) is 6.84. The van der Waals surface area contributed by atoms with Gasteiger partial charge in [0.1, 0.15) is 11.8 Å². The van der Waals surface area contributed by atoms with Crippen LogP contribution in [0, 0.1) is 0 Å². The number of nitrogens with zero attached hydrogens (tertiary/aromatic N) is 2. The third kappa shape index (κ3) is 5.55. The number of anilines is 2. The van der Waals surface area contributed by atoms with Gasteiger partial charge in [-0.1, -0.05) is 42.2 Å². The van der Waals surface area contributed by atoms with Crippen LogP contribution >= 0.6 is 23.1 Å². The molecule has 9 nitrogen and oxygen atoms in total. The lowest BCUT2D eigenvalue weighted by atomic mass is 10.0. The van der Waals surface area contributed by atoms with Crippen molar-refractivity contribution in [2.24, 2.45) is 0 Å². The van der Waals surface area contributed by atoms with Crippen LogP contribution in [0.3, 0.4) is 0 Å². The number of furan rings is 1. The first kappa shape index (κ1) is 22.9. The number of rotatable bonds is 9. The van der Waals surface area contributed by atoms with E-state index in [0.29, 0.717) is 32.3 Å². The van der Waals surface area contributed by atoms with Crippen molar-refractivity contribution >= 4 is 45.9 Å². The van der Waals surface area contributed by atoms with Gasteiger partial charge in [0, 0.05) is 17.1 Å². The van der Waals surface area contributed by atoms with E-state index in [-0.39, 0.29) is 6.61 Å². The molecule has 1 aliphatic rings. The van der Waals surface area contributed by atoms with Crippen molar-refractivity contribution in [2.45, 2.75) is 30.6 Å². The van der Waals surface area contributed by atoms with E-state index in [4.69, 9.17) is 9.15 Å². The summed E-state index contributed by atoms with van der Waals surface area (Å²) in [7, 11) is 0. The highest BCUT2D eigenvalue weighted by molar-refractivity contribution is 8.01. The minimum Gasteiger partial charge on any atom is -0.467 e. The lowest BCUT2D eigenvalue weighted by Gasteiger charge is -2.27. The molecule has 0 fully saturated rings. The molecular formula is C22H23N5O4S2. The van der Waals surface area contributed by atoms with Crippen LogP contribution in [0.25, 0.3) is 0 Å². The number of urea groups is 1. The molecule has 2 aromatic heterocycles. The van der Waals surface area contributed by atoms with Gasteiger partial charge in [-0.3, -0.25) is 0 Å². The van der Waals surface area contributed by atoms with E-state index < -0.39 is 18.0 Å². The minimum atomic E-state index is -0.735. The molecule has 1 aliphatic heterocycles. The minimum absolute atomic E-state index is 0.215. The van der Waals surface area contributed by atoms with Crippen molar-refractivity contribution < 1.29 is 18.7 Å². The van der Waals surface area contributed by atoms with Gasteiger partial charge in [-0.2, -0.15) is 0 Å². The monoisotopic (exact) mass is 485 g/mol. The van der Waals surface area contributed by atoms with Crippen LogP contribution < -0.4 is 16.0 Å². The van der Waals surface area contributed by atoms with Crippen molar-refractivity contribution in [3.8, 4) is 0 Å². The van der Waals surface area contributed by atoms with Crippen LogP contribution in [0.15, 0.2) is 62.7 Å². The molecule has 172 valence electrons. The topological polar surface area (TPSA) is 118 Å². The Labute approximate surface area is 199 Å². The standard InChI is InChI=1S/C22H23N5O4S2/c1-3-13-7-9-14(10-8-13)23-21-26-27-22(33-21)32-12-15-17(19(28)30-4-2)18(25-20(29)24-15)16-6-5-11-31-16/h5-11,18H,3-4,12H2,1-2H3,(H,23,26)(H2,24,25,29)/t18-/m1/s1. The van der Waals surface area contributed by atoms with E-state index in [1.807, 2.05) is 12.1 Å². The highest BCUT2D eigenvalue weighted by Crippen LogP contribution is 2.33. The number of nitrogens with one attached hydrogen (secondary N) is 3. The molecule has 1 aromatic carbocycles. The Kier molecular flexibility index (Phi) is 7.30. The molecule has 1 atom stereocenters. The van der Waals surface area contributed by atoms with Gasteiger partial charge in [0.15, 0.2) is 4.34 Å². The van der Waals surface area contributed by atoms with Crippen molar-refractivity contribution in [2.75, 3.05) is 17.7 Å². The van der Waals surface area contributed by atoms with Gasteiger partial charge < -0.3 is 25.1 Å². The molecule has 0 unspecified atom stereocenters. The quantitative estimate of drug-likeness (QED) is 0.301. The number of hydrogen-bond donors (Lipinski definition) is 3. The lowest BCUT2D eigenvalue weighted by Crippen LogP contribution is -2.46. The number of carbonyl (C=O) groups excluding carboxylic acids is 2. The summed E-state index contributed by atoms with van der Waals surface area (Å²) in [5.74, 6) is 0.238. The van der Waals surface area contributed by atoms with E-state index >= 15 is 0 Å². The second-order valence-corrected chi connectivity index (χ2v) is 9.20. The number of hydrogen-bond acceptors (Lipinski definition) is 9. The molecule has 2 amide bonds. The SMILES string of the molecule is CCOC(=O)C1=C(CSc2nnc(Nc3ccc(CC)cc3)s2)NC(=O)N[C@@H]1c1ccco1. The summed E-state index contributed by atoms with van der Waals surface area (Å²) < 4.78 is 11.4. The Morgan fingerprint density at radius 2 is 2.06 bits per heavy atom. The molecule has 0 spiro atoms. The first-order valence-electron chi connectivity index (χ1n) is 10.4. The van der Waals surface area contributed by atoms with Crippen LogP contribution in [-0.2, 0) is 16.0 Å². The summed E-state index contributed by atoms with van der Waals surface area (Å²) >= 11 is 2.76. The summed E-state index contributed by atoms with van der Waals surface area (Å²) in [6, 6.07) is 10.4. The predicted molar refractivity (Wildman–Crippen MR) is 127 cm³/mol. The Morgan fingerprint density at radius 3 is 2.76 bits per heavy atom. The zero-order chi connectivity index (χ0) is 23.2. The van der Waals surface area contributed by atoms with E-state index in [1.54, 1.807) is 19.1 Å². The zero-order valence-corrected chi connectivity index (χ0v) is 19.7. The molecular weight excluding hydrogens is 462 g/mol. The molecule has 0 saturated carbocycles. The maximum atomic E-state index is 12.7. The fraction of sp³-hybridized carbons (Fsp3) is 0.273. The summed E-state index contributed by atoms with van der Waals surface area (Å²) in [4.78, 5) is 25.0. The second-order valence-electron chi connectivity index (χ2n) is 7.00. The molecule has 0 saturated heterocycles. The smallest absolute Gasteiger partial charge is 0.338 e. The fourth-order valence-electron chi connectivity index (χ4n) is 3.25. The van der Waals surface area contributed by atoms with Gasteiger partial charge in [-0.25, -0.2) is 9.59 Å². The molecule has 3 aromatic rings. The molecule has 0 bridgehead atoms. The number of ether oxygens (including phenoxy) is 1. The summed E-state index contributed by atoms with van der Waals surface area (Å²) in [6.07, 6.45) is 2.47. The molecule has 11 heteroatoms. The van der Waals surface area contributed by atoms with E-state index in [1.165, 1.54) is 34.9 Å². The van der Waals surface area contributed by atoms with E-state index in [2.05, 4.69) is 45.2 Å². The Morgan fingerprint density at radius 1 is 1.24 bits per heavy atom. The van der Waals surface area contributed by atoms with Gasteiger partial charge in [0.05, 0.1) is 18.4 Å². The molecule has 0 radical (unpaired) electrons. The molecule has 4 rings (SSSR count). The average molecular weight is 486 g/mol. The van der Waals surface area contributed by atoms with Gasteiger partial charge >= 0.3 is 12.0 Å². The van der Waals surface area contributed by atoms with Gasteiger partial charge in [-0.05, 0) is 43.2 Å². The highest BCUT2D eigenvalue weighted by Gasteiger charge is 2.35. The summed E-state index contributed by atoms with van der Waals surface area (Å²) in [5, 5.41) is 17.8. The van der Waals surface area contributed by atoms with Gasteiger partial charge in [0.2, 0.25) is 5.13 Å². The fourth-order valence-corrected chi connectivity index (χ4v) is 4.99. The largest absolute Gasteiger partial charge is 0.467 e. The van der Waals surface area contributed by atoms with Crippen molar-refractivity contribution in [1.29, 1.82) is 0 Å². The number of esters is 1. The van der Waals surface area contributed by atoms with Crippen LogP contribution in [0.5, 0.6) is 0 Å².